The molecule has 1 rings (SSSR count). The molecule has 0 aromatic heterocycles. The van der Waals surface area contributed by atoms with Gasteiger partial charge in [-0.25, -0.2) is 0 Å². The van der Waals surface area contributed by atoms with Crippen LogP contribution in [0.25, 0.3) is 6.08 Å². The Morgan fingerprint density at radius 3 is 2.60 bits per heavy atom. The van der Waals surface area contributed by atoms with Crippen LogP contribution in [0.4, 0.5) is 5.69 Å². The predicted octanol–water partition coefficient (Wildman–Crippen LogP) is 2.68. The second-order valence-corrected chi connectivity index (χ2v) is 3.91. The van der Waals surface area contributed by atoms with Gasteiger partial charge < -0.3 is 11.1 Å². The molecule has 0 aliphatic rings. The van der Waals surface area contributed by atoms with Crippen LogP contribution in [0.15, 0.2) is 30.3 Å². The normalized spacial score (nSPS) is 10.5. The van der Waals surface area contributed by atoms with Crippen LogP contribution < -0.4 is 11.1 Å². The quantitative estimate of drug-likeness (QED) is 0.558. The Hall–Kier alpha value is -1.00. The third-order valence-corrected chi connectivity index (χ3v) is 2.14. The zero-order chi connectivity index (χ0) is 11.1. The third-order valence-electron chi connectivity index (χ3n) is 1.78. The minimum atomic E-state index is 0.286. The van der Waals surface area contributed by atoms with Crippen molar-refractivity contribution in [2.24, 2.45) is 5.73 Å². The number of benzene rings is 1. The number of anilines is 1. The molecule has 0 saturated carbocycles. The molecule has 15 heavy (non-hydrogen) atoms. The molecule has 0 saturated heterocycles. The van der Waals surface area contributed by atoms with Crippen LogP contribution in [0.1, 0.15) is 12.0 Å². The Bertz CT molecular complexity index is 344. The average molecular weight is 238 g/mol. The Kier molecular flexibility index (Phi) is 5.21. The molecule has 0 fully saturated rings. The Balaban J connectivity index is 2.60. The molecular weight excluding hydrogens is 224 g/mol. The summed E-state index contributed by atoms with van der Waals surface area (Å²) >= 11 is 8.87. The van der Waals surface area contributed by atoms with E-state index in [0.29, 0.717) is 0 Å². The largest absolute Gasteiger partial charge is 0.376 e. The zero-order valence-electron chi connectivity index (χ0n) is 8.31. The molecule has 0 amide bonds. The first kappa shape index (κ1) is 12.1. The molecule has 0 heterocycles. The Morgan fingerprint density at radius 1 is 1.40 bits per heavy atom. The maximum atomic E-state index is 5.36. The van der Waals surface area contributed by atoms with E-state index in [1.807, 2.05) is 24.3 Å². The first-order valence-electron chi connectivity index (χ1n) is 4.66. The fourth-order valence-corrected chi connectivity index (χ4v) is 1.38. The number of nitrogens with two attached hydrogens (primary N) is 1. The van der Waals surface area contributed by atoms with E-state index in [-0.39, 0.29) is 5.11 Å². The van der Waals surface area contributed by atoms with Crippen molar-refractivity contribution < 1.29 is 0 Å². The summed E-state index contributed by atoms with van der Waals surface area (Å²) in [5.74, 6) is 0.873. The number of hydrogen-bond acceptors (Lipinski definition) is 2. The lowest BCUT2D eigenvalue weighted by Gasteiger charge is -2.03. The summed E-state index contributed by atoms with van der Waals surface area (Å²) in [6, 6.07) is 7.91. The van der Waals surface area contributed by atoms with Crippen molar-refractivity contribution in [1.82, 2.24) is 0 Å². The van der Waals surface area contributed by atoms with E-state index in [1.54, 1.807) is 0 Å². The van der Waals surface area contributed by atoms with Gasteiger partial charge in [-0.3, -0.25) is 0 Å². The number of allylic oxidation sites excluding steroid dienone is 1. The van der Waals surface area contributed by atoms with E-state index in [9.17, 15) is 0 Å². The molecular formula is C11H14N2S2. The van der Waals surface area contributed by atoms with Crippen LogP contribution in [0, 0.1) is 0 Å². The summed E-state index contributed by atoms with van der Waals surface area (Å²) < 4.78 is 0. The van der Waals surface area contributed by atoms with Crippen LogP contribution >= 0.6 is 24.8 Å². The summed E-state index contributed by atoms with van der Waals surface area (Å²) in [4.78, 5) is 0. The number of thiocarbonyl (C=S) groups is 1. The molecule has 3 N–H and O–H groups in total. The first-order chi connectivity index (χ1) is 7.22. The van der Waals surface area contributed by atoms with Crippen LogP contribution in [-0.4, -0.2) is 10.9 Å². The van der Waals surface area contributed by atoms with Crippen LogP contribution in [0.3, 0.4) is 0 Å². The molecule has 0 spiro atoms. The molecule has 1 aromatic carbocycles. The van der Waals surface area contributed by atoms with Gasteiger partial charge in [0.15, 0.2) is 5.11 Å². The standard InChI is InChI=1S/C11H14N2S2/c12-11(15)13-10-6-4-9(5-7-10)3-1-2-8-14/h1,3-7,14H,2,8H2,(H3,12,13,15). The van der Waals surface area contributed by atoms with Crippen molar-refractivity contribution >= 4 is 41.7 Å². The molecule has 0 aliphatic heterocycles. The van der Waals surface area contributed by atoms with Gasteiger partial charge in [0, 0.05) is 5.69 Å². The van der Waals surface area contributed by atoms with Crippen LogP contribution in [0.5, 0.6) is 0 Å². The molecule has 0 radical (unpaired) electrons. The summed E-state index contributed by atoms with van der Waals surface area (Å²) in [5, 5.41) is 3.16. The molecule has 80 valence electrons. The van der Waals surface area contributed by atoms with Gasteiger partial charge in [0.2, 0.25) is 0 Å². The molecule has 0 unspecified atom stereocenters. The van der Waals surface area contributed by atoms with Gasteiger partial charge in [-0.2, -0.15) is 12.6 Å². The zero-order valence-corrected chi connectivity index (χ0v) is 10.0. The van der Waals surface area contributed by atoms with Gasteiger partial charge in [0.1, 0.15) is 0 Å². The Labute approximate surface area is 101 Å². The van der Waals surface area contributed by atoms with Gasteiger partial charge in [0.25, 0.3) is 0 Å². The van der Waals surface area contributed by atoms with Crippen molar-refractivity contribution in [1.29, 1.82) is 0 Å². The van der Waals surface area contributed by atoms with E-state index >= 15 is 0 Å². The summed E-state index contributed by atoms with van der Waals surface area (Å²) in [5.41, 5.74) is 7.43. The van der Waals surface area contributed by atoms with Gasteiger partial charge in [-0.15, -0.1) is 0 Å². The minimum absolute atomic E-state index is 0.286. The second kappa shape index (κ2) is 6.48. The fraction of sp³-hybridized carbons (Fsp3) is 0.182. The lowest BCUT2D eigenvalue weighted by atomic mass is 10.2. The highest BCUT2D eigenvalue weighted by Crippen LogP contribution is 2.10. The van der Waals surface area contributed by atoms with Gasteiger partial charge >= 0.3 is 0 Å². The minimum Gasteiger partial charge on any atom is -0.376 e. The molecule has 0 atom stereocenters. The maximum Gasteiger partial charge on any atom is 0.168 e. The highest BCUT2D eigenvalue weighted by Gasteiger charge is 1.92. The van der Waals surface area contributed by atoms with E-state index in [0.717, 1.165) is 23.4 Å². The van der Waals surface area contributed by atoms with E-state index in [4.69, 9.17) is 18.0 Å². The smallest absolute Gasteiger partial charge is 0.168 e. The molecule has 1 aromatic rings. The first-order valence-corrected chi connectivity index (χ1v) is 5.70. The topological polar surface area (TPSA) is 38.0 Å². The van der Waals surface area contributed by atoms with Gasteiger partial charge in [-0.1, -0.05) is 24.3 Å². The number of rotatable bonds is 4. The van der Waals surface area contributed by atoms with Crippen LogP contribution in [-0.2, 0) is 0 Å². The second-order valence-electron chi connectivity index (χ2n) is 3.03. The van der Waals surface area contributed by atoms with Crippen LogP contribution in [0.2, 0.25) is 0 Å². The molecule has 0 bridgehead atoms. The third kappa shape index (κ3) is 4.85. The van der Waals surface area contributed by atoms with Gasteiger partial charge in [-0.05, 0) is 42.1 Å². The highest BCUT2D eigenvalue weighted by atomic mass is 32.1. The van der Waals surface area contributed by atoms with E-state index in [2.05, 4.69) is 30.1 Å². The highest BCUT2D eigenvalue weighted by molar-refractivity contribution is 7.80. The summed E-state index contributed by atoms with van der Waals surface area (Å²) in [6.07, 6.45) is 5.15. The lowest BCUT2D eigenvalue weighted by Crippen LogP contribution is -2.18. The SMILES string of the molecule is NC(=S)Nc1ccc(C=CCCS)cc1. The molecule has 2 nitrogen and oxygen atoms in total. The average Bonchev–Trinajstić information content (AvgIpc) is 2.20. The number of hydrogen-bond donors (Lipinski definition) is 3. The summed E-state index contributed by atoms with van der Waals surface area (Å²) in [7, 11) is 0. The monoisotopic (exact) mass is 238 g/mol. The fourth-order valence-electron chi connectivity index (χ4n) is 1.11. The summed E-state index contributed by atoms with van der Waals surface area (Å²) in [6.45, 7) is 0. The lowest BCUT2D eigenvalue weighted by molar-refractivity contribution is 1.26. The Morgan fingerprint density at radius 2 is 2.07 bits per heavy atom. The number of thiol groups is 1. The van der Waals surface area contributed by atoms with E-state index < -0.39 is 0 Å². The van der Waals surface area contributed by atoms with Crippen molar-refractivity contribution in [3.8, 4) is 0 Å². The van der Waals surface area contributed by atoms with Gasteiger partial charge in [0.05, 0.1) is 0 Å². The maximum absolute atomic E-state index is 5.36. The molecule has 4 heteroatoms. The predicted molar refractivity (Wildman–Crippen MR) is 74.4 cm³/mol. The van der Waals surface area contributed by atoms with Crippen molar-refractivity contribution in [3.63, 3.8) is 0 Å². The van der Waals surface area contributed by atoms with Crippen molar-refractivity contribution in [2.75, 3.05) is 11.1 Å². The molecule has 0 aliphatic carbocycles. The number of nitrogens with one attached hydrogen (secondary N) is 1. The van der Waals surface area contributed by atoms with Crippen molar-refractivity contribution in [2.45, 2.75) is 6.42 Å². The van der Waals surface area contributed by atoms with E-state index in [1.165, 1.54) is 0 Å². The van der Waals surface area contributed by atoms with Crippen molar-refractivity contribution in [3.05, 3.63) is 35.9 Å².